The standard InChI is InChI=1S/C23H28Cl2N2O2/c1-5-21(23(29)26-15(2)3)27(14-18-9-7-6-8-16(18)4)22(28)12-17-10-11-19(24)13-20(17)25/h6-11,13,15,21H,5,12,14H2,1-4H3,(H,26,29)/t21-/m1/s1. The first-order chi connectivity index (χ1) is 13.7. The maximum atomic E-state index is 13.3. The summed E-state index contributed by atoms with van der Waals surface area (Å²) in [7, 11) is 0. The second kappa shape index (κ2) is 10.7. The lowest BCUT2D eigenvalue weighted by molar-refractivity contribution is -0.141. The van der Waals surface area contributed by atoms with Gasteiger partial charge in [0.15, 0.2) is 0 Å². The van der Waals surface area contributed by atoms with Gasteiger partial charge in [0.05, 0.1) is 6.42 Å². The Morgan fingerprint density at radius 1 is 1.07 bits per heavy atom. The van der Waals surface area contributed by atoms with E-state index >= 15 is 0 Å². The minimum atomic E-state index is -0.560. The molecular weight excluding hydrogens is 407 g/mol. The summed E-state index contributed by atoms with van der Waals surface area (Å²) < 4.78 is 0. The van der Waals surface area contributed by atoms with Gasteiger partial charge in [0, 0.05) is 22.6 Å². The van der Waals surface area contributed by atoms with Crippen molar-refractivity contribution in [2.24, 2.45) is 0 Å². The molecule has 6 heteroatoms. The van der Waals surface area contributed by atoms with E-state index in [4.69, 9.17) is 23.2 Å². The lowest BCUT2D eigenvalue weighted by atomic mass is 10.0. The molecule has 0 aromatic heterocycles. The van der Waals surface area contributed by atoms with Gasteiger partial charge >= 0.3 is 0 Å². The van der Waals surface area contributed by atoms with Crippen LogP contribution in [-0.4, -0.2) is 28.8 Å². The fourth-order valence-electron chi connectivity index (χ4n) is 3.20. The molecule has 0 bridgehead atoms. The zero-order chi connectivity index (χ0) is 21.6. The molecule has 4 nitrogen and oxygen atoms in total. The molecular formula is C23H28Cl2N2O2. The highest BCUT2D eigenvalue weighted by Gasteiger charge is 2.29. The van der Waals surface area contributed by atoms with Crippen LogP contribution in [0.1, 0.15) is 43.9 Å². The molecule has 1 N–H and O–H groups in total. The molecule has 2 rings (SSSR count). The number of halogens is 2. The summed E-state index contributed by atoms with van der Waals surface area (Å²) in [5.41, 5.74) is 2.78. The van der Waals surface area contributed by atoms with Gasteiger partial charge in [0.1, 0.15) is 6.04 Å². The second-order valence-corrected chi connectivity index (χ2v) is 8.29. The van der Waals surface area contributed by atoms with Crippen LogP contribution >= 0.6 is 23.2 Å². The highest BCUT2D eigenvalue weighted by molar-refractivity contribution is 6.35. The summed E-state index contributed by atoms with van der Waals surface area (Å²) in [4.78, 5) is 27.8. The molecule has 156 valence electrons. The van der Waals surface area contributed by atoms with E-state index in [9.17, 15) is 9.59 Å². The Bertz CT molecular complexity index is 868. The number of carbonyl (C=O) groups excluding carboxylic acids is 2. The van der Waals surface area contributed by atoms with Crippen LogP contribution in [0.25, 0.3) is 0 Å². The molecule has 29 heavy (non-hydrogen) atoms. The van der Waals surface area contributed by atoms with E-state index in [1.807, 2.05) is 52.0 Å². The average molecular weight is 435 g/mol. The lowest BCUT2D eigenvalue weighted by Gasteiger charge is -2.32. The normalized spacial score (nSPS) is 12.0. The molecule has 0 fully saturated rings. The Morgan fingerprint density at radius 3 is 2.34 bits per heavy atom. The van der Waals surface area contributed by atoms with Gasteiger partial charge in [-0.15, -0.1) is 0 Å². The summed E-state index contributed by atoms with van der Waals surface area (Å²) in [5, 5.41) is 3.90. The monoisotopic (exact) mass is 434 g/mol. The van der Waals surface area contributed by atoms with E-state index in [0.717, 1.165) is 11.1 Å². The van der Waals surface area contributed by atoms with Crippen molar-refractivity contribution in [3.63, 3.8) is 0 Å². The predicted molar refractivity (Wildman–Crippen MR) is 119 cm³/mol. The van der Waals surface area contributed by atoms with E-state index in [1.165, 1.54) is 0 Å². The molecule has 0 saturated carbocycles. The van der Waals surface area contributed by atoms with Crippen LogP contribution in [0.5, 0.6) is 0 Å². The molecule has 2 aromatic carbocycles. The number of amides is 2. The topological polar surface area (TPSA) is 49.4 Å². The number of benzene rings is 2. The highest BCUT2D eigenvalue weighted by atomic mass is 35.5. The maximum Gasteiger partial charge on any atom is 0.243 e. The molecule has 0 saturated heterocycles. The minimum Gasteiger partial charge on any atom is -0.352 e. The number of carbonyl (C=O) groups is 2. The van der Waals surface area contributed by atoms with Crippen molar-refractivity contribution in [3.8, 4) is 0 Å². The Hall–Kier alpha value is -2.04. The largest absolute Gasteiger partial charge is 0.352 e. The van der Waals surface area contributed by atoms with Gasteiger partial charge in [-0.1, -0.05) is 60.5 Å². The Labute approximate surface area is 183 Å². The quantitative estimate of drug-likeness (QED) is 0.622. The second-order valence-electron chi connectivity index (χ2n) is 7.45. The number of nitrogens with one attached hydrogen (secondary N) is 1. The molecule has 0 aliphatic carbocycles. The van der Waals surface area contributed by atoms with E-state index in [2.05, 4.69) is 5.32 Å². The summed E-state index contributed by atoms with van der Waals surface area (Å²) in [6.45, 7) is 8.10. The molecule has 0 heterocycles. The van der Waals surface area contributed by atoms with Gasteiger partial charge in [-0.2, -0.15) is 0 Å². The number of hydrogen-bond donors (Lipinski definition) is 1. The molecule has 1 atom stereocenters. The Morgan fingerprint density at radius 2 is 1.76 bits per heavy atom. The van der Waals surface area contributed by atoms with Crippen molar-refractivity contribution in [3.05, 3.63) is 69.2 Å². The fraction of sp³-hybridized carbons (Fsp3) is 0.391. The molecule has 0 aliphatic rings. The molecule has 0 spiro atoms. The molecule has 2 aromatic rings. The molecule has 0 aliphatic heterocycles. The Kier molecular flexibility index (Phi) is 8.54. The summed E-state index contributed by atoms with van der Waals surface area (Å²) in [6.07, 6.45) is 0.623. The van der Waals surface area contributed by atoms with Gasteiger partial charge < -0.3 is 10.2 Å². The van der Waals surface area contributed by atoms with Crippen molar-refractivity contribution in [1.29, 1.82) is 0 Å². The van der Waals surface area contributed by atoms with Gasteiger partial charge in [0.2, 0.25) is 11.8 Å². The van der Waals surface area contributed by atoms with Crippen LogP contribution in [0.3, 0.4) is 0 Å². The van der Waals surface area contributed by atoms with Crippen molar-refractivity contribution >= 4 is 35.0 Å². The van der Waals surface area contributed by atoms with Crippen LogP contribution in [0.15, 0.2) is 42.5 Å². The number of aryl methyl sites for hydroxylation is 1. The van der Waals surface area contributed by atoms with Crippen molar-refractivity contribution in [1.82, 2.24) is 10.2 Å². The van der Waals surface area contributed by atoms with Gasteiger partial charge in [-0.05, 0) is 56.0 Å². The summed E-state index contributed by atoms with van der Waals surface area (Å²) >= 11 is 12.2. The lowest BCUT2D eigenvalue weighted by Crippen LogP contribution is -2.50. The zero-order valence-electron chi connectivity index (χ0n) is 17.3. The van der Waals surface area contributed by atoms with Crippen LogP contribution in [-0.2, 0) is 22.6 Å². The van der Waals surface area contributed by atoms with Gasteiger partial charge in [-0.3, -0.25) is 9.59 Å². The van der Waals surface area contributed by atoms with E-state index in [0.29, 0.717) is 28.6 Å². The maximum absolute atomic E-state index is 13.3. The molecule has 0 radical (unpaired) electrons. The average Bonchev–Trinajstić information content (AvgIpc) is 2.64. The SMILES string of the molecule is CC[C@H](C(=O)NC(C)C)N(Cc1ccccc1C)C(=O)Cc1ccc(Cl)cc1Cl. The number of nitrogens with zero attached hydrogens (tertiary/aromatic N) is 1. The van der Waals surface area contributed by atoms with Crippen molar-refractivity contribution in [2.75, 3.05) is 0 Å². The number of hydrogen-bond acceptors (Lipinski definition) is 2. The fourth-order valence-corrected chi connectivity index (χ4v) is 3.68. The smallest absolute Gasteiger partial charge is 0.243 e. The van der Waals surface area contributed by atoms with Crippen LogP contribution < -0.4 is 5.32 Å². The first-order valence-electron chi connectivity index (χ1n) is 9.81. The van der Waals surface area contributed by atoms with Crippen LogP contribution in [0.2, 0.25) is 10.0 Å². The molecule has 2 amide bonds. The van der Waals surface area contributed by atoms with Crippen LogP contribution in [0.4, 0.5) is 0 Å². The third-order valence-corrected chi connectivity index (χ3v) is 5.36. The van der Waals surface area contributed by atoms with Gasteiger partial charge in [-0.25, -0.2) is 0 Å². The Balaban J connectivity index is 2.35. The van der Waals surface area contributed by atoms with Crippen molar-refractivity contribution in [2.45, 2.75) is 59.2 Å². The third-order valence-electron chi connectivity index (χ3n) is 4.78. The van der Waals surface area contributed by atoms with E-state index < -0.39 is 6.04 Å². The first-order valence-corrected chi connectivity index (χ1v) is 10.6. The van der Waals surface area contributed by atoms with Crippen molar-refractivity contribution < 1.29 is 9.59 Å². The minimum absolute atomic E-state index is 0.00215. The first kappa shape index (κ1) is 23.2. The zero-order valence-corrected chi connectivity index (χ0v) is 18.8. The highest BCUT2D eigenvalue weighted by Crippen LogP contribution is 2.23. The van der Waals surface area contributed by atoms with E-state index in [-0.39, 0.29) is 24.3 Å². The third kappa shape index (κ3) is 6.48. The van der Waals surface area contributed by atoms with Gasteiger partial charge in [0.25, 0.3) is 0 Å². The van der Waals surface area contributed by atoms with E-state index in [1.54, 1.807) is 23.1 Å². The summed E-state index contributed by atoms with van der Waals surface area (Å²) in [6, 6.07) is 12.4. The molecule has 0 unspecified atom stereocenters. The summed E-state index contributed by atoms with van der Waals surface area (Å²) in [5.74, 6) is -0.296. The number of rotatable bonds is 8. The predicted octanol–water partition coefficient (Wildman–Crippen LogP) is 5.18. The van der Waals surface area contributed by atoms with Crippen LogP contribution in [0, 0.1) is 6.92 Å².